The van der Waals surface area contributed by atoms with Gasteiger partial charge in [0.1, 0.15) is 0 Å². The van der Waals surface area contributed by atoms with E-state index in [0.717, 1.165) is 27.8 Å². The van der Waals surface area contributed by atoms with Crippen molar-refractivity contribution in [3.63, 3.8) is 0 Å². The van der Waals surface area contributed by atoms with E-state index in [-0.39, 0.29) is 0 Å². The van der Waals surface area contributed by atoms with Gasteiger partial charge in [0.05, 0.1) is 5.54 Å². The van der Waals surface area contributed by atoms with E-state index in [1.165, 1.54) is 16.7 Å². The summed E-state index contributed by atoms with van der Waals surface area (Å²) in [4.78, 5) is 0. The van der Waals surface area contributed by atoms with Crippen LogP contribution < -0.4 is 5.73 Å². The second-order valence-electron chi connectivity index (χ2n) is 8.78. The number of benzene rings is 4. The molecule has 36 heavy (non-hydrogen) atoms. The van der Waals surface area contributed by atoms with Crippen molar-refractivity contribution in [1.82, 2.24) is 0 Å². The van der Waals surface area contributed by atoms with Crippen molar-refractivity contribution in [3.05, 3.63) is 163 Å². The van der Waals surface area contributed by atoms with Gasteiger partial charge in [0.2, 0.25) is 0 Å². The minimum atomic E-state index is -0.802. The average molecular weight is 468 g/mol. The topological polar surface area (TPSA) is 26.0 Å². The van der Waals surface area contributed by atoms with Gasteiger partial charge in [0.25, 0.3) is 0 Å². The molecule has 0 aliphatic rings. The minimum absolute atomic E-state index is 0.802. The fourth-order valence-electron chi connectivity index (χ4n) is 4.68. The van der Waals surface area contributed by atoms with Gasteiger partial charge < -0.3 is 5.73 Å². The van der Waals surface area contributed by atoms with Crippen LogP contribution in [0.5, 0.6) is 0 Å². The minimum Gasteiger partial charge on any atom is -0.314 e. The Bertz CT molecular complexity index is 1410. The van der Waals surface area contributed by atoms with Crippen molar-refractivity contribution >= 4 is 5.57 Å². The van der Waals surface area contributed by atoms with Crippen molar-refractivity contribution < 1.29 is 0 Å². The zero-order chi connectivity index (χ0) is 25.4. The largest absolute Gasteiger partial charge is 0.314 e. The second-order valence-corrected chi connectivity index (χ2v) is 8.78. The van der Waals surface area contributed by atoms with Crippen LogP contribution in [0.4, 0.5) is 0 Å². The average Bonchev–Trinajstić information content (AvgIpc) is 2.95. The summed E-state index contributed by atoms with van der Waals surface area (Å²) in [6.07, 6.45) is 10.2. The van der Waals surface area contributed by atoms with E-state index >= 15 is 0 Å². The van der Waals surface area contributed by atoms with Gasteiger partial charge in [-0.15, -0.1) is 0 Å². The van der Waals surface area contributed by atoms with Gasteiger partial charge in [-0.25, -0.2) is 0 Å². The van der Waals surface area contributed by atoms with E-state index in [4.69, 9.17) is 5.73 Å². The Morgan fingerprint density at radius 2 is 1.31 bits per heavy atom. The molecule has 1 heteroatoms. The summed E-state index contributed by atoms with van der Waals surface area (Å²) in [7, 11) is 0. The first-order valence-electron chi connectivity index (χ1n) is 12.3. The lowest BCUT2D eigenvalue weighted by Gasteiger charge is -2.30. The van der Waals surface area contributed by atoms with E-state index in [0.29, 0.717) is 0 Å². The third-order valence-electron chi connectivity index (χ3n) is 6.51. The molecule has 0 aromatic heterocycles. The molecule has 2 N–H and O–H groups in total. The van der Waals surface area contributed by atoms with Crippen LogP contribution in [0, 0.1) is 0 Å². The Kier molecular flexibility index (Phi) is 7.95. The van der Waals surface area contributed by atoms with Crippen LogP contribution in [0.15, 0.2) is 152 Å². The lowest BCUT2D eigenvalue weighted by Crippen LogP contribution is -2.36. The van der Waals surface area contributed by atoms with Crippen LogP contribution in [-0.2, 0) is 5.54 Å². The summed E-state index contributed by atoms with van der Waals surface area (Å²) in [5.74, 6) is 0. The van der Waals surface area contributed by atoms with Gasteiger partial charge in [-0.3, -0.25) is 0 Å². The molecule has 0 aliphatic carbocycles. The van der Waals surface area contributed by atoms with E-state index in [1.807, 2.05) is 50.3 Å². The highest BCUT2D eigenvalue weighted by atomic mass is 14.7. The van der Waals surface area contributed by atoms with E-state index in [2.05, 4.69) is 110 Å². The third-order valence-corrected chi connectivity index (χ3v) is 6.51. The number of rotatable bonds is 8. The Hall–Kier alpha value is -4.20. The Balaban J connectivity index is 1.85. The van der Waals surface area contributed by atoms with Crippen LogP contribution in [0.25, 0.3) is 27.8 Å². The molecule has 4 rings (SSSR count). The molecule has 1 unspecified atom stereocenters. The maximum absolute atomic E-state index is 7.18. The second kappa shape index (κ2) is 11.5. The number of allylic oxidation sites excluding steroid dienone is 4. The predicted octanol–water partition coefficient (Wildman–Crippen LogP) is 8.97. The lowest BCUT2D eigenvalue weighted by atomic mass is 9.80. The number of nitrogens with two attached hydrogens (primary N) is 1. The molecule has 0 spiro atoms. The quantitative estimate of drug-likeness (QED) is 0.257. The highest BCUT2D eigenvalue weighted by molar-refractivity contribution is 5.86. The third kappa shape index (κ3) is 5.22. The Labute approximate surface area is 215 Å². The van der Waals surface area contributed by atoms with Gasteiger partial charge in [0.15, 0.2) is 0 Å². The maximum atomic E-state index is 7.18. The monoisotopic (exact) mass is 467 g/mol. The predicted molar refractivity (Wildman–Crippen MR) is 156 cm³/mol. The van der Waals surface area contributed by atoms with Gasteiger partial charge >= 0.3 is 0 Å². The normalized spacial score (nSPS) is 14.0. The molecule has 0 fully saturated rings. The van der Waals surface area contributed by atoms with Crippen molar-refractivity contribution in [1.29, 1.82) is 0 Å². The summed E-state index contributed by atoms with van der Waals surface area (Å²) >= 11 is 0. The molecule has 0 aliphatic heterocycles. The van der Waals surface area contributed by atoms with Crippen LogP contribution in [-0.4, -0.2) is 0 Å². The summed E-state index contributed by atoms with van der Waals surface area (Å²) < 4.78 is 0. The molecule has 0 saturated carbocycles. The van der Waals surface area contributed by atoms with Crippen molar-refractivity contribution in [2.24, 2.45) is 5.73 Å². The maximum Gasteiger partial charge on any atom is 0.0858 e. The number of hydrogen-bond donors (Lipinski definition) is 1. The van der Waals surface area contributed by atoms with Crippen LogP contribution in [0.2, 0.25) is 0 Å². The van der Waals surface area contributed by atoms with Crippen LogP contribution in [0.3, 0.4) is 0 Å². The fourth-order valence-corrected chi connectivity index (χ4v) is 4.68. The van der Waals surface area contributed by atoms with Gasteiger partial charge in [-0.05, 0) is 70.5 Å². The zero-order valence-corrected chi connectivity index (χ0v) is 21.1. The fraction of sp³-hybridized carbons (Fsp3) is 0.0857. The highest BCUT2D eigenvalue weighted by Gasteiger charge is 2.28. The smallest absolute Gasteiger partial charge is 0.0858 e. The van der Waals surface area contributed by atoms with Gasteiger partial charge in [0, 0.05) is 0 Å². The molecule has 0 saturated heterocycles. The molecular formula is C35H33N. The Morgan fingerprint density at radius 3 is 1.92 bits per heavy atom. The van der Waals surface area contributed by atoms with Crippen molar-refractivity contribution in [2.75, 3.05) is 0 Å². The molecule has 0 radical (unpaired) electrons. The first-order chi connectivity index (χ1) is 17.6. The molecule has 0 heterocycles. The highest BCUT2D eigenvalue weighted by Crippen LogP contribution is 2.36. The van der Waals surface area contributed by atoms with Crippen molar-refractivity contribution in [3.8, 4) is 22.3 Å². The van der Waals surface area contributed by atoms with E-state index in [1.54, 1.807) is 0 Å². The summed E-state index contributed by atoms with van der Waals surface area (Å²) in [6, 6.07) is 37.9. The molecule has 1 atom stereocenters. The van der Waals surface area contributed by atoms with Gasteiger partial charge in [-0.1, -0.05) is 134 Å². The van der Waals surface area contributed by atoms with Crippen LogP contribution >= 0.6 is 0 Å². The standard InChI is InChI=1S/C35H33N/c1-4-16-31(6-3)35(36,32-21-11-8-12-22-32)26-27(5-2)29-19-15-20-30(25-29)34-24-14-13-23-33(34)28-17-9-7-10-18-28/h4-26H,2,36H2,1,3H3/b16-4-,27-26+,31-6+. The Morgan fingerprint density at radius 1 is 0.722 bits per heavy atom. The molecule has 4 aromatic rings. The van der Waals surface area contributed by atoms with Crippen LogP contribution in [0.1, 0.15) is 25.0 Å². The molecule has 1 nitrogen and oxygen atoms in total. The van der Waals surface area contributed by atoms with Gasteiger partial charge in [-0.2, -0.15) is 0 Å². The lowest BCUT2D eigenvalue weighted by molar-refractivity contribution is 0.680. The first-order valence-corrected chi connectivity index (χ1v) is 12.3. The summed E-state index contributed by atoms with van der Waals surface area (Å²) in [5.41, 5.74) is 15.3. The summed E-state index contributed by atoms with van der Waals surface area (Å²) in [5, 5.41) is 0. The summed E-state index contributed by atoms with van der Waals surface area (Å²) in [6.45, 7) is 8.20. The molecule has 0 bridgehead atoms. The van der Waals surface area contributed by atoms with E-state index in [9.17, 15) is 0 Å². The first kappa shape index (κ1) is 24.9. The molecular weight excluding hydrogens is 434 g/mol. The number of hydrogen-bond acceptors (Lipinski definition) is 1. The van der Waals surface area contributed by atoms with E-state index < -0.39 is 5.54 Å². The molecule has 4 aromatic carbocycles. The molecule has 178 valence electrons. The SMILES string of the molecule is C=C/C(=C\C(N)(C(/C=C\C)=C/C)c1ccccc1)c1cccc(-c2ccccc2-c2ccccc2)c1. The van der Waals surface area contributed by atoms with Crippen molar-refractivity contribution in [2.45, 2.75) is 19.4 Å². The zero-order valence-electron chi connectivity index (χ0n) is 21.1. The molecule has 0 amide bonds.